The molecule has 0 spiro atoms. The van der Waals surface area contributed by atoms with Crippen molar-refractivity contribution in [3.8, 4) is 0 Å². The Bertz CT molecular complexity index is 390. The van der Waals surface area contributed by atoms with Crippen molar-refractivity contribution < 1.29 is 4.52 Å². The van der Waals surface area contributed by atoms with E-state index >= 15 is 0 Å². The van der Waals surface area contributed by atoms with E-state index in [4.69, 9.17) is 4.52 Å². The molecule has 108 valence electrons. The Morgan fingerprint density at radius 3 is 2.74 bits per heavy atom. The van der Waals surface area contributed by atoms with Gasteiger partial charge in [0.15, 0.2) is 5.76 Å². The number of nitrogens with zero attached hydrogens (tertiary/aromatic N) is 2. The monoisotopic (exact) mass is 265 g/mol. The molecule has 0 atom stereocenters. The van der Waals surface area contributed by atoms with Crippen molar-refractivity contribution in [2.45, 2.75) is 59.2 Å². The zero-order chi connectivity index (χ0) is 13.9. The summed E-state index contributed by atoms with van der Waals surface area (Å²) < 4.78 is 5.43. The van der Waals surface area contributed by atoms with Gasteiger partial charge in [-0.05, 0) is 46.1 Å². The van der Waals surface area contributed by atoms with Crippen molar-refractivity contribution in [1.82, 2.24) is 15.4 Å². The van der Waals surface area contributed by atoms with E-state index in [1.807, 2.05) is 0 Å². The Labute approximate surface area is 116 Å². The minimum absolute atomic E-state index is 0.112. The molecule has 1 aliphatic carbocycles. The predicted octanol–water partition coefficient (Wildman–Crippen LogP) is 2.79. The van der Waals surface area contributed by atoms with E-state index in [0.717, 1.165) is 37.0 Å². The van der Waals surface area contributed by atoms with Crippen LogP contribution in [0.1, 0.15) is 52.0 Å². The van der Waals surface area contributed by atoms with Crippen LogP contribution in [-0.4, -0.2) is 28.7 Å². The van der Waals surface area contributed by atoms with Gasteiger partial charge in [-0.2, -0.15) is 0 Å². The zero-order valence-corrected chi connectivity index (χ0v) is 12.7. The van der Waals surface area contributed by atoms with Crippen LogP contribution in [0.5, 0.6) is 0 Å². The average molecular weight is 265 g/mol. The third-order valence-electron chi connectivity index (χ3n) is 3.45. The van der Waals surface area contributed by atoms with Gasteiger partial charge in [-0.1, -0.05) is 12.1 Å². The zero-order valence-electron chi connectivity index (χ0n) is 12.7. The molecule has 0 aromatic carbocycles. The Kier molecular flexibility index (Phi) is 4.63. The van der Waals surface area contributed by atoms with Gasteiger partial charge in [0.05, 0.1) is 12.2 Å². The van der Waals surface area contributed by atoms with E-state index in [9.17, 15) is 0 Å². The molecule has 1 N–H and O–H groups in total. The van der Waals surface area contributed by atoms with Crippen LogP contribution in [0.25, 0.3) is 0 Å². The van der Waals surface area contributed by atoms with Crippen LogP contribution in [-0.2, 0) is 13.1 Å². The van der Waals surface area contributed by atoms with E-state index in [0.29, 0.717) is 0 Å². The quantitative estimate of drug-likeness (QED) is 0.823. The van der Waals surface area contributed by atoms with Gasteiger partial charge < -0.3 is 9.84 Å². The van der Waals surface area contributed by atoms with Crippen LogP contribution in [0.4, 0.5) is 0 Å². The summed E-state index contributed by atoms with van der Waals surface area (Å²) in [5, 5.41) is 7.56. The normalized spacial score (nSPS) is 16.3. The third-order valence-corrected chi connectivity index (χ3v) is 3.45. The number of hydrogen-bond acceptors (Lipinski definition) is 4. The Hall–Kier alpha value is -0.870. The van der Waals surface area contributed by atoms with Crippen molar-refractivity contribution in [2.24, 2.45) is 5.92 Å². The Balaban J connectivity index is 1.81. The van der Waals surface area contributed by atoms with Gasteiger partial charge in [0.1, 0.15) is 0 Å². The van der Waals surface area contributed by atoms with Gasteiger partial charge in [0, 0.05) is 24.7 Å². The first-order valence-corrected chi connectivity index (χ1v) is 7.38. The average Bonchev–Trinajstić information content (AvgIpc) is 3.03. The summed E-state index contributed by atoms with van der Waals surface area (Å²) >= 11 is 0. The number of rotatable bonds is 7. The van der Waals surface area contributed by atoms with E-state index in [1.54, 1.807) is 0 Å². The smallest absolute Gasteiger partial charge is 0.151 e. The summed E-state index contributed by atoms with van der Waals surface area (Å²) in [5.74, 6) is 1.90. The summed E-state index contributed by atoms with van der Waals surface area (Å²) in [6.45, 7) is 12.6. The summed E-state index contributed by atoms with van der Waals surface area (Å²) in [6.07, 6.45) is 2.79. The molecule has 1 aliphatic rings. The summed E-state index contributed by atoms with van der Waals surface area (Å²) in [7, 11) is 0. The highest BCUT2D eigenvalue weighted by atomic mass is 16.5. The topological polar surface area (TPSA) is 41.3 Å². The fourth-order valence-electron chi connectivity index (χ4n) is 2.06. The van der Waals surface area contributed by atoms with Crippen LogP contribution >= 0.6 is 0 Å². The minimum Gasteiger partial charge on any atom is -0.360 e. The highest BCUT2D eigenvalue weighted by Crippen LogP contribution is 2.30. The number of aromatic nitrogens is 1. The van der Waals surface area contributed by atoms with Gasteiger partial charge in [-0.15, -0.1) is 0 Å². The van der Waals surface area contributed by atoms with E-state index in [1.165, 1.54) is 19.4 Å². The second-order valence-electron chi connectivity index (χ2n) is 6.66. The van der Waals surface area contributed by atoms with Crippen LogP contribution in [0.2, 0.25) is 0 Å². The molecule has 2 rings (SSSR count). The highest BCUT2D eigenvalue weighted by molar-refractivity contribution is 5.05. The van der Waals surface area contributed by atoms with Gasteiger partial charge in [0.2, 0.25) is 0 Å². The van der Waals surface area contributed by atoms with Gasteiger partial charge in [-0.25, -0.2) is 0 Å². The van der Waals surface area contributed by atoms with Crippen LogP contribution in [0.15, 0.2) is 10.6 Å². The third kappa shape index (κ3) is 5.33. The van der Waals surface area contributed by atoms with Crippen molar-refractivity contribution in [3.63, 3.8) is 0 Å². The molecule has 0 bridgehead atoms. The molecule has 0 aliphatic heterocycles. The molecule has 4 heteroatoms. The molecule has 0 radical (unpaired) electrons. The van der Waals surface area contributed by atoms with E-state index < -0.39 is 0 Å². The minimum atomic E-state index is 0.112. The van der Waals surface area contributed by atoms with Crippen molar-refractivity contribution in [1.29, 1.82) is 0 Å². The molecule has 1 heterocycles. The summed E-state index contributed by atoms with van der Waals surface area (Å²) in [4.78, 5) is 2.44. The van der Waals surface area contributed by atoms with E-state index in [2.05, 4.69) is 49.1 Å². The molecular weight excluding hydrogens is 238 g/mol. The standard InChI is InChI=1S/C15H27N3O/c1-5-18(10-12-6-7-12)11-14-8-13(17-19-14)9-16-15(2,3)4/h8,12,16H,5-7,9-11H2,1-4H3. The first kappa shape index (κ1) is 14.5. The lowest BCUT2D eigenvalue weighted by molar-refractivity contribution is 0.232. The first-order chi connectivity index (χ1) is 8.96. The molecule has 19 heavy (non-hydrogen) atoms. The van der Waals surface area contributed by atoms with Crippen LogP contribution in [0.3, 0.4) is 0 Å². The fourth-order valence-corrected chi connectivity index (χ4v) is 2.06. The van der Waals surface area contributed by atoms with Crippen molar-refractivity contribution in [3.05, 3.63) is 17.5 Å². The molecule has 0 saturated heterocycles. The molecule has 4 nitrogen and oxygen atoms in total. The van der Waals surface area contributed by atoms with Gasteiger partial charge in [-0.3, -0.25) is 4.90 Å². The predicted molar refractivity (Wildman–Crippen MR) is 76.8 cm³/mol. The maximum atomic E-state index is 5.43. The maximum Gasteiger partial charge on any atom is 0.151 e. The maximum absolute atomic E-state index is 5.43. The Morgan fingerprint density at radius 1 is 1.42 bits per heavy atom. The summed E-state index contributed by atoms with van der Waals surface area (Å²) in [5.41, 5.74) is 1.10. The van der Waals surface area contributed by atoms with Gasteiger partial charge in [0.25, 0.3) is 0 Å². The molecule has 1 aromatic rings. The lowest BCUT2D eigenvalue weighted by Crippen LogP contribution is -2.35. The number of hydrogen-bond donors (Lipinski definition) is 1. The molecular formula is C15H27N3O. The van der Waals surface area contributed by atoms with Gasteiger partial charge >= 0.3 is 0 Å². The highest BCUT2D eigenvalue weighted by Gasteiger charge is 2.24. The molecule has 0 unspecified atom stereocenters. The fraction of sp³-hybridized carbons (Fsp3) is 0.800. The van der Waals surface area contributed by atoms with Crippen LogP contribution in [0, 0.1) is 5.92 Å². The second-order valence-corrected chi connectivity index (χ2v) is 6.66. The second kappa shape index (κ2) is 6.06. The first-order valence-electron chi connectivity index (χ1n) is 7.38. The van der Waals surface area contributed by atoms with Crippen molar-refractivity contribution >= 4 is 0 Å². The van der Waals surface area contributed by atoms with Crippen molar-refractivity contribution in [2.75, 3.05) is 13.1 Å². The Morgan fingerprint density at radius 2 is 2.16 bits per heavy atom. The molecule has 0 amide bonds. The summed E-state index contributed by atoms with van der Waals surface area (Å²) in [6, 6.07) is 2.08. The molecule has 1 fully saturated rings. The largest absolute Gasteiger partial charge is 0.360 e. The molecule has 1 saturated carbocycles. The van der Waals surface area contributed by atoms with E-state index in [-0.39, 0.29) is 5.54 Å². The number of nitrogens with one attached hydrogen (secondary N) is 1. The SMILES string of the molecule is CCN(Cc1cc(CNC(C)(C)C)no1)CC1CC1. The lowest BCUT2D eigenvalue weighted by Gasteiger charge is -2.19. The molecule has 1 aromatic heterocycles. The van der Waals surface area contributed by atoms with Crippen LogP contribution < -0.4 is 5.32 Å². The lowest BCUT2D eigenvalue weighted by atomic mass is 10.1.